The maximum Gasteiger partial charge on any atom is 0.275 e. The number of tetrazole rings is 1. The van der Waals surface area contributed by atoms with E-state index in [2.05, 4.69) is 51.6 Å². The standard InChI is InChI=1S/C31H36ClN7O2/c1-30(2,3)23-14-16-31(17-15-23)34-26(19-10-12-24(32)13-11-19)29(41)39(31)27(20-4-5-20)21-6-8-22(9-7-21)28(40)33-18-25-35-37-38-36-25/h6-13,20,23,27H,4-5,14-18H2,1-3H3,(H,33,40)(H,35,36,37,38)/t23?,27-,31?/m1/s1. The summed E-state index contributed by atoms with van der Waals surface area (Å²) in [6, 6.07) is 15.0. The molecule has 2 aromatic carbocycles. The Morgan fingerprint density at radius 2 is 1.76 bits per heavy atom. The van der Waals surface area contributed by atoms with Gasteiger partial charge in [-0.25, -0.2) is 0 Å². The third kappa shape index (κ3) is 5.52. The summed E-state index contributed by atoms with van der Waals surface area (Å²) >= 11 is 6.17. The van der Waals surface area contributed by atoms with Crippen molar-refractivity contribution in [3.8, 4) is 0 Å². The summed E-state index contributed by atoms with van der Waals surface area (Å²) in [5.41, 5.74) is 2.56. The Labute approximate surface area is 245 Å². The van der Waals surface area contributed by atoms with Crippen molar-refractivity contribution in [2.75, 3.05) is 0 Å². The van der Waals surface area contributed by atoms with Crippen LogP contribution in [0, 0.1) is 17.3 Å². The molecule has 2 aliphatic carbocycles. The highest BCUT2D eigenvalue weighted by atomic mass is 35.5. The Morgan fingerprint density at radius 1 is 1.07 bits per heavy atom. The van der Waals surface area contributed by atoms with Crippen molar-refractivity contribution in [2.45, 2.75) is 77.5 Å². The van der Waals surface area contributed by atoms with Crippen LogP contribution in [0.1, 0.15) is 92.6 Å². The molecule has 3 aliphatic rings. The number of carbonyl (C=O) groups is 2. The quantitative estimate of drug-likeness (QED) is 0.387. The molecular weight excluding hydrogens is 538 g/mol. The third-order valence-electron chi connectivity index (χ3n) is 8.98. The predicted octanol–water partition coefficient (Wildman–Crippen LogP) is 5.50. The fraction of sp³-hybridized carbons (Fsp3) is 0.484. The molecule has 2 heterocycles. The predicted molar refractivity (Wildman–Crippen MR) is 156 cm³/mol. The number of aliphatic imine (C=N–C) groups is 1. The number of hydrogen-bond acceptors (Lipinski definition) is 6. The van der Waals surface area contributed by atoms with Gasteiger partial charge in [-0.05, 0) is 85.6 Å². The first-order valence-electron chi connectivity index (χ1n) is 14.4. The van der Waals surface area contributed by atoms with Gasteiger partial charge in [0.05, 0.1) is 12.6 Å². The van der Waals surface area contributed by atoms with Crippen molar-refractivity contribution in [1.29, 1.82) is 0 Å². The monoisotopic (exact) mass is 573 g/mol. The minimum absolute atomic E-state index is 0.0136. The van der Waals surface area contributed by atoms with E-state index in [1.165, 1.54) is 0 Å². The SMILES string of the molecule is CC(C)(C)C1CCC2(CC1)N=C(c1ccc(Cl)cc1)C(=O)N2[C@@H](c1ccc(C(=O)NCc2nn[nH]n2)cc1)C1CC1. The molecular formula is C31H36ClN7O2. The number of hydrogen-bond donors (Lipinski definition) is 2. The van der Waals surface area contributed by atoms with Crippen molar-refractivity contribution in [2.24, 2.45) is 22.2 Å². The van der Waals surface area contributed by atoms with Gasteiger partial charge in [0.15, 0.2) is 5.82 Å². The van der Waals surface area contributed by atoms with E-state index in [0.717, 1.165) is 49.7 Å². The number of benzene rings is 2. The van der Waals surface area contributed by atoms with Crippen LogP contribution < -0.4 is 5.32 Å². The first-order chi connectivity index (χ1) is 19.6. The molecule has 1 aliphatic heterocycles. The second-order valence-electron chi connectivity index (χ2n) is 12.7. The van der Waals surface area contributed by atoms with E-state index in [4.69, 9.17) is 16.6 Å². The van der Waals surface area contributed by atoms with Crippen molar-refractivity contribution in [3.05, 3.63) is 76.1 Å². The van der Waals surface area contributed by atoms with E-state index in [-0.39, 0.29) is 29.8 Å². The molecule has 9 nitrogen and oxygen atoms in total. The number of aromatic amines is 1. The average molecular weight is 574 g/mol. The number of nitrogens with zero attached hydrogens (tertiary/aromatic N) is 5. The van der Waals surface area contributed by atoms with Gasteiger partial charge in [-0.2, -0.15) is 5.21 Å². The lowest BCUT2D eigenvalue weighted by atomic mass is 9.69. The van der Waals surface area contributed by atoms with Crippen molar-refractivity contribution in [1.82, 2.24) is 30.8 Å². The van der Waals surface area contributed by atoms with Crippen molar-refractivity contribution >= 4 is 29.1 Å². The Kier molecular flexibility index (Phi) is 7.18. The second kappa shape index (κ2) is 10.7. The van der Waals surface area contributed by atoms with E-state index in [1.54, 1.807) is 0 Å². The summed E-state index contributed by atoms with van der Waals surface area (Å²) in [6.45, 7) is 7.11. The number of H-pyrrole nitrogens is 1. The number of halogens is 1. The molecule has 1 atom stereocenters. The molecule has 214 valence electrons. The largest absolute Gasteiger partial charge is 0.345 e. The smallest absolute Gasteiger partial charge is 0.275 e. The Balaban J connectivity index is 1.30. The zero-order valence-corrected chi connectivity index (χ0v) is 24.5. The van der Waals surface area contributed by atoms with Gasteiger partial charge in [0.1, 0.15) is 11.4 Å². The lowest BCUT2D eigenvalue weighted by molar-refractivity contribution is -0.134. The van der Waals surface area contributed by atoms with Crippen LogP contribution in [0.3, 0.4) is 0 Å². The van der Waals surface area contributed by atoms with Crippen LogP contribution in [0.15, 0.2) is 53.5 Å². The Morgan fingerprint density at radius 3 is 2.34 bits per heavy atom. The average Bonchev–Trinajstić information content (AvgIpc) is 3.59. The van der Waals surface area contributed by atoms with Gasteiger partial charge in [-0.1, -0.05) is 61.9 Å². The van der Waals surface area contributed by atoms with Crippen LogP contribution in [-0.2, 0) is 11.3 Å². The van der Waals surface area contributed by atoms with Gasteiger partial charge < -0.3 is 10.2 Å². The van der Waals surface area contributed by atoms with Gasteiger partial charge in [0.25, 0.3) is 11.8 Å². The van der Waals surface area contributed by atoms with Gasteiger partial charge in [0, 0.05) is 16.1 Å². The molecule has 2 N–H and O–H groups in total. The number of nitrogens with one attached hydrogen (secondary N) is 2. The number of amides is 2. The molecule has 6 rings (SSSR count). The second-order valence-corrected chi connectivity index (χ2v) is 13.1. The molecule has 0 saturated heterocycles. The van der Waals surface area contributed by atoms with Crippen LogP contribution in [0.2, 0.25) is 5.02 Å². The maximum absolute atomic E-state index is 14.3. The number of rotatable bonds is 7. The Bertz CT molecular complexity index is 1430. The number of carbonyl (C=O) groups excluding carboxylic acids is 2. The van der Waals surface area contributed by atoms with Gasteiger partial charge in [-0.3, -0.25) is 14.6 Å². The molecule has 0 bridgehead atoms. The molecule has 2 amide bonds. The topological polar surface area (TPSA) is 116 Å². The van der Waals surface area contributed by atoms with Crippen LogP contribution >= 0.6 is 11.6 Å². The van der Waals surface area contributed by atoms with Gasteiger partial charge in [-0.15, -0.1) is 10.2 Å². The van der Waals surface area contributed by atoms with Gasteiger partial charge >= 0.3 is 0 Å². The molecule has 3 aromatic rings. The molecule has 2 saturated carbocycles. The van der Waals surface area contributed by atoms with E-state index < -0.39 is 5.66 Å². The van der Waals surface area contributed by atoms with E-state index in [1.807, 2.05) is 48.5 Å². The maximum atomic E-state index is 14.3. The highest BCUT2D eigenvalue weighted by Crippen LogP contribution is 2.54. The fourth-order valence-corrected chi connectivity index (χ4v) is 6.61. The third-order valence-corrected chi connectivity index (χ3v) is 9.23. The minimum atomic E-state index is -0.568. The van der Waals surface area contributed by atoms with E-state index in [9.17, 15) is 9.59 Å². The molecule has 1 aromatic heterocycles. The van der Waals surface area contributed by atoms with E-state index in [0.29, 0.717) is 34.0 Å². The summed E-state index contributed by atoms with van der Waals surface area (Å²) < 4.78 is 0. The van der Waals surface area contributed by atoms with Crippen LogP contribution in [0.5, 0.6) is 0 Å². The summed E-state index contributed by atoms with van der Waals surface area (Å²) in [5, 5.41) is 17.1. The first kappa shape index (κ1) is 27.6. The summed E-state index contributed by atoms with van der Waals surface area (Å²) in [7, 11) is 0. The zero-order valence-electron chi connectivity index (χ0n) is 23.7. The summed E-state index contributed by atoms with van der Waals surface area (Å²) in [5.74, 6) is 1.14. The highest BCUT2D eigenvalue weighted by molar-refractivity contribution is 6.47. The zero-order chi connectivity index (χ0) is 28.8. The molecule has 10 heteroatoms. The fourth-order valence-electron chi connectivity index (χ4n) is 6.49. The minimum Gasteiger partial charge on any atom is -0.345 e. The summed E-state index contributed by atoms with van der Waals surface area (Å²) in [6.07, 6.45) is 5.88. The normalized spacial score (nSPS) is 23.5. The molecule has 1 spiro atoms. The molecule has 0 radical (unpaired) electrons. The van der Waals surface area contributed by atoms with E-state index >= 15 is 0 Å². The van der Waals surface area contributed by atoms with Gasteiger partial charge in [0.2, 0.25) is 0 Å². The number of aromatic nitrogens is 4. The molecule has 0 unspecified atom stereocenters. The van der Waals surface area contributed by atoms with Crippen molar-refractivity contribution < 1.29 is 9.59 Å². The summed E-state index contributed by atoms with van der Waals surface area (Å²) in [4.78, 5) is 34.5. The molecule has 2 fully saturated rings. The Hall–Kier alpha value is -3.59. The first-order valence-corrected chi connectivity index (χ1v) is 14.8. The van der Waals surface area contributed by atoms with Crippen LogP contribution in [-0.4, -0.2) is 48.7 Å². The lowest BCUT2D eigenvalue weighted by Gasteiger charge is -2.47. The van der Waals surface area contributed by atoms with Crippen molar-refractivity contribution in [3.63, 3.8) is 0 Å². The molecule has 41 heavy (non-hydrogen) atoms. The van der Waals surface area contributed by atoms with Crippen LogP contribution in [0.4, 0.5) is 0 Å². The lowest BCUT2D eigenvalue weighted by Crippen LogP contribution is -2.52. The highest BCUT2D eigenvalue weighted by Gasteiger charge is 2.55. The van der Waals surface area contributed by atoms with Crippen LogP contribution in [0.25, 0.3) is 0 Å².